The second-order valence-electron chi connectivity index (χ2n) is 5.68. The Bertz CT molecular complexity index is 653. The molecule has 2 heterocycles. The van der Waals surface area contributed by atoms with Gasteiger partial charge in [-0.25, -0.2) is 0 Å². The number of benzene rings is 1. The Balaban J connectivity index is 1.78. The quantitative estimate of drug-likeness (QED) is 0.835. The fourth-order valence-electron chi connectivity index (χ4n) is 3.22. The summed E-state index contributed by atoms with van der Waals surface area (Å²) in [5.41, 5.74) is 2.20. The third kappa shape index (κ3) is 1.59. The van der Waals surface area contributed by atoms with Crippen LogP contribution < -0.4 is 9.80 Å². The fraction of sp³-hybridized carbons (Fsp3) is 0.467. The SMILES string of the molecule is CO[C@H]1C[C@H](N2CN(C)c3nnc4ccccc4c32)C1. The average Bonchev–Trinajstić information content (AvgIpc) is 2.75. The second-order valence-corrected chi connectivity index (χ2v) is 5.68. The highest BCUT2D eigenvalue weighted by atomic mass is 16.5. The van der Waals surface area contributed by atoms with Gasteiger partial charge in [0.2, 0.25) is 0 Å². The Morgan fingerprint density at radius 1 is 1.20 bits per heavy atom. The number of nitrogens with zero attached hydrogens (tertiary/aromatic N) is 4. The zero-order chi connectivity index (χ0) is 13.7. The first kappa shape index (κ1) is 11.9. The van der Waals surface area contributed by atoms with Crippen molar-refractivity contribution in [1.82, 2.24) is 10.2 Å². The maximum absolute atomic E-state index is 5.41. The van der Waals surface area contributed by atoms with E-state index in [2.05, 4.69) is 39.2 Å². The number of anilines is 2. The van der Waals surface area contributed by atoms with Gasteiger partial charge in [0.1, 0.15) is 0 Å². The number of rotatable bonds is 2. The van der Waals surface area contributed by atoms with Crippen LogP contribution in [0.5, 0.6) is 0 Å². The van der Waals surface area contributed by atoms with Crippen LogP contribution in [0.4, 0.5) is 11.5 Å². The minimum absolute atomic E-state index is 0.412. The monoisotopic (exact) mass is 270 g/mol. The van der Waals surface area contributed by atoms with E-state index in [0.29, 0.717) is 12.1 Å². The summed E-state index contributed by atoms with van der Waals surface area (Å²) in [5.74, 6) is 0.990. The van der Waals surface area contributed by atoms with Crippen molar-refractivity contribution in [2.75, 3.05) is 30.6 Å². The molecule has 0 radical (unpaired) electrons. The molecule has 0 N–H and O–H groups in total. The molecule has 0 atom stereocenters. The summed E-state index contributed by atoms with van der Waals surface area (Å²) in [6.45, 7) is 0.888. The van der Waals surface area contributed by atoms with Crippen LogP contribution in [-0.2, 0) is 4.74 Å². The molecule has 0 amide bonds. The predicted octanol–water partition coefficient (Wildman–Crippen LogP) is 2.02. The fourth-order valence-corrected chi connectivity index (χ4v) is 3.22. The Kier molecular flexibility index (Phi) is 2.57. The van der Waals surface area contributed by atoms with Crippen molar-refractivity contribution in [1.29, 1.82) is 0 Å². The molecule has 2 aromatic rings. The van der Waals surface area contributed by atoms with Gasteiger partial charge in [-0.3, -0.25) is 0 Å². The van der Waals surface area contributed by atoms with E-state index in [1.807, 2.05) is 12.1 Å². The van der Waals surface area contributed by atoms with Crippen molar-refractivity contribution >= 4 is 22.4 Å². The van der Waals surface area contributed by atoms with Gasteiger partial charge in [0.15, 0.2) is 5.82 Å². The lowest BCUT2D eigenvalue weighted by Gasteiger charge is -2.41. The molecule has 5 nitrogen and oxygen atoms in total. The smallest absolute Gasteiger partial charge is 0.176 e. The molecule has 0 unspecified atom stereocenters. The van der Waals surface area contributed by atoms with Crippen molar-refractivity contribution < 1.29 is 4.74 Å². The number of aromatic nitrogens is 2. The summed E-state index contributed by atoms with van der Waals surface area (Å²) in [4.78, 5) is 4.64. The molecule has 1 aliphatic carbocycles. The van der Waals surface area contributed by atoms with Gasteiger partial charge < -0.3 is 14.5 Å². The Morgan fingerprint density at radius 3 is 2.80 bits per heavy atom. The second kappa shape index (κ2) is 4.31. The highest BCUT2D eigenvalue weighted by Gasteiger charge is 2.39. The number of methoxy groups -OCH3 is 1. The molecule has 1 aromatic carbocycles. The third-order valence-corrected chi connectivity index (χ3v) is 4.48. The predicted molar refractivity (Wildman–Crippen MR) is 79.1 cm³/mol. The molecular weight excluding hydrogens is 252 g/mol. The Hall–Kier alpha value is -1.88. The molecule has 0 saturated heterocycles. The molecule has 1 saturated carbocycles. The van der Waals surface area contributed by atoms with E-state index >= 15 is 0 Å². The number of fused-ring (bicyclic) bond motifs is 3. The van der Waals surface area contributed by atoms with Crippen LogP contribution >= 0.6 is 0 Å². The first-order chi connectivity index (χ1) is 9.78. The molecule has 5 heteroatoms. The minimum atomic E-state index is 0.412. The summed E-state index contributed by atoms with van der Waals surface area (Å²) in [6, 6.07) is 8.80. The van der Waals surface area contributed by atoms with E-state index < -0.39 is 0 Å². The third-order valence-electron chi connectivity index (χ3n) is 4.48. The topological polar surface area (TPSA) is 41.5 Å². The van der Waals surface area contributed by atoms with Gasteiger partial charge in [-0.15, -0.1) is 10.2 Å². The maximum Gasteiger partial charge on any atom is 0.176 e. The standard InChI is InChI=1S/C15H18N4O/c1-18-9-19(10-7-11(8-10)20-2)14-12-5-3-4-6-13(12)16-17-15(14)18/h3-6,10-11H,7-9H2,1-2H3/t10-,11-. The lowest BCUT2D eigenvalue weighted by molar-refractivity contribution is 0.0259. The lowest BCUT2D eigenvalue weighted by Crippen LogP contribution is -2.48. The van der Waals surface area contributed by atoms with Crippen molar-refractivity contribution in [2.45, 2.75) is 25.0 Å². The Labute approximate surface area is 118 Å². The van der Waals surface area contributed by atoms with Crippen molar-refractivity contribution in [3.05, 3.63) is 24.3 Å². The largest absolute Gasteiger partial charge is 0.381 e. The molecule has 0 spiro atoms. The summed E-state index contributed by atoms with van der Waals surface area (Å²) in [7, 11) is 3.88. The van der Waals surface area contributed by atoms with Crippen molar-refractivity contribution in [3.8, 4) is 0 Å². The number of ether oxygens (including phenoxy) is 1. The summed E-state index contributed by atoms with van der Waals surface area (Å²) >= 11 is 0. The van der Waals surface area contributed by atoms with Gasteiger partial charge in [0, 0.05) is 25.6 Å². The van der Waals surface area contributed by atoms with E-state index in [0.717, 1.165) is 30.8 Å². The van der Waals surface area contributed by atoms with E-state index in [1.54, 1.807) is 7.11 Å². The van der Waals surface area contributed by atoms with Gasteiger partial charge in [0.25, 0.3) is 0 Å². The summed E-state index contributed by atoms with van der Waals surface area (Å²) in [5, 5.41) is 9.93. The molecule has 1 aliphatic heterocycles. The first-order valence-corrected chi connectivity index (χ1v) is 7.04. The molecule has 1 fully saturated rings. The molecule has 0 bridgehead atoms. The maximum atomic E-state index is 5.41. The van der Waals surface area contributed by atoms with Gasteiger partial charge in [-0.05, 0) is 18.9 Å². The zero-order valence-electron chi connectivity index (χ0n) is 11.8. The zero-order valence-corrected chi connectivity index (χ0v) is 11.8. The molecule has 104 valence electrons. The molecule has 4 rings (SSSR count). The van der Waals surface area contributed by atoms with Crippen LogP contribution in [0.2, 0.25) is 0 Å². The minimum Gasteiger partial charge on any atom is -0.381 e. The summed E-state index contributed by atoms with van der Waals surface area (Å²) in [6.07, 6.45) is 2.61. The van der Waals surface area contributed by atoms with Gasteiger partial charge >= 0.3 is 0 Å². The van der Waals surface area contributed by atoms with E-state index in [-0.39, 0.29) is 0 Å². The van der Waals surface area contributed by atoms with Gasteiger partial charge in [-0.2, -0.15) is 0 Å². The first-order valence-electron chi connectivity index (χ1n) is 7.04. The van der Waals surface area contributed by atoms with Gasteiger partial charge in [-0.1, -0.05) is 18.2 Å². The van der Waals surface area contributed by atoms with Crippen LogP contribution in [0.3, 0.4) is 0 Å². The average molecular weight is 270 g/mol. The van der Waals surface area contributed by atoms with Crippen molar-refractivity contribution in [2.24, 2.45) is 0 Å². The van der Waals surface area contributed by atoms with Crippen LogP contribution in [0.1, 0.15) is 12.8 Å². The number of hydrogen-bond acceptors (Lipinski definition) is 5. The van der Waals surface area contributed by atoms with Crippen LogP contribution in [-0.4, -0.2) is 43.2 Å². The lowest BCUT2D eigenvalue weighted by atomic mass is 9.87. The highest BCUT2D eigenvalue weighted by molar-refractivity contribution is 5.98. The molecule has 20 heavy (non-hydrogen) atoms. The normalized spacial score (nSPS) is 24.9. The van der Waals surface area contributed by atoms with Gasteiger partial charge in [0.05, 0.1) is 24.0 Å². The molecular formula is C15H18N4O. The van der Waals surface area contributed by atoms with E-state index in [4.69, 9.17) is 4.74 Å². The van der Waals surface area contributed by atoms with Crippen LogP contribution in [0.15, 0.2) is 24.3 Å². The van der Waals surface area contributed by atoms with Crippen LogP contribution in [0, 0.1) is 0 Å². The Morgan fingerprint density at radius 2 is 2.00 bits per heavy atom. The molecule has 1 aromatic heterocycles. The van der Waals surface area contributed by atoms with E-state index in [1.165, 1.54) is 11.1 Å². The summed E-state index contributed by atoms with van der Waals surface area (Å²) < 4.78 is 5.41. The van der Waals surface area contributed by atoms with Crippen LogP contribution in [0.25, 0.3) is 10.9 Å². The van der Waals surface area contributed by atoms with Crippen molar-refractivity contribution in [3.63, 3.8) is 0 Å². The van der Waals surface area contributed by atoms with E-state index in [9.17, 15) is 0 Å². The molecule has 2 aliphatic rings. The number of hydrogen-bond donors (Lipinski definition) is 0. The highest BCUT2D eigenvalue weighted by Crippen LogP contribution is 2.43.